The number of sulfonamides is 2. The molecule has 0 saturated carbocycles. The second kappa shape index (κ2) is 7.73. The molecule has 0 radical (unpaired) electrons. The minimum atomic E-state index is -6.60. The Morgan fingerprint density at radius 1 is 1.12 bits per heavy atom. The third-order valence-corrected chi connectivity index (χ3v) is 5.25. The number of nitrogens with zero attached hydrogens (tertiary/aromatic N) is 1. The van der Waals surface area contributed by atoms with Crippen LogP contribution in [-0.2, 0) is 24.8 Å². The molecular weight excluding hydrogens is 412 g/mol. The van der Waals surface area contributed by atoms with Gasteiger partial charge in [0, 0.05) is 6.54 Å². The Morgan fingerprint density at radius 3 is 1.76 bits per heavy atom. The van der Waals surface area contributed by atoms with Gasteiger partial charge < -0.3 is 10.4 Å². The predicted molar refractivity (Wildman–Crippen MR) is 70.2 cm³/mol. The number of aliphatic carboxylic acids is 1. The highest BCUT2D eigenvalue weighted by molar-refractivity contribution is 8.05. The molecule has 1 aliphatic heterocycles. The second-order valence-electron chi connectivity index (χ2n) is 4.27. The first-order chi connectivity index (χ1) is 10.9. The maximum Gasteiger partial charge on any atom is 0.512 e. The van der Waals surface area contributed by atoms with E-state index in [1.807, 2.05) is 0 Å². The van der Waals surface area contributed by atoms with Crippen LogP contribution in [0.4, 0.5) is 26.3 Å². The minimum absolute atomic E-state index is 0.433. The SMILES string of the molecule is CC1=NCCC(C(=O)O)N1.O=S(=O)(NS(=O)(=O)C(F)(F)F)C(F)(F)F. The number of amidine groups is 1. The summed E-state index contributed by atoms with van der Waals surface area (Å²) in [6, 6.07) is -0.433. The van der Waals surface area contributed by atoms with Crippen molar-refractivity contribution < 1.29 is 53.1 Å². The largest absolute Gasteiger partial charge is 0.512 e. The number of rotatable bonds is 3. The molecule has 0 aliphatic carbocycles. The van der Waals surface area contributed by atoms with E-state index in [1.54, 1.807) is 6.92 Å². The lowest BCUT2D eigenvalue weighted by molar-refractivity contribution is -0.139. The van der Waals surface area contributed by atoms with E-state index in [2.05, 4.69) is 10.3 Å². The summed E-state index contributed by atoms with van der Waals surface area (Å²) in [5.41, 5.74) is -12.3. The van der Waals surface area contributed by atoms with E-state index in [4.69, 9.17) is 5.11 Å². The zero-order valence-electron chi connectivity index (χ0n) is 12.0. The maximum atomic E-state index is 11.5. The van der Waals surface area contributed by atoms with Gasteiger partial charge >= 0.3 is 37.0 Å². The third-order valence-electron chi connectivity index (χ3n) is 2.28. The highest BCUT2D eigenvalue weighted by atomic mass is 32.3. The van der Waals surface area contributed by atoms with Crippen LogP contribution >= 0.6 is 0 Å². The molecule has 9 nitrogen and oxygen atoms in total. The topological polar surface area (TPSA) is 142 Å². The standard InChI is InChI=1S/C6H10N2O2.C2HF6NO4S2/c1-4-7-3-2-5(8-4)6(9)10;3-1(4,5)14(10,11)9-15(12,13)2(6,7)8/h5H,2-3H2,1H3,(H,7,8)(H,9,10);9H. The molecule has 1 aliphatic rings. The first-order valence-corrected chi connectivity index (χ1v) is 8.79. The molecule has 0 aromatic rings. The average Bonchev–Trinajstić information content (AvgIpc) is 2.35. The quantitative estimate of drug-likeness (QED) is 0.548. The molecule has 0 fully saturated rings. The summed E-state index contributed by atoms with van der Waals surface area (Å²) in [6.07, 6.45) is 0.590. The number of carboxylic acid groups (broad SMARTS) is 1. The van der Waals surface area contributed by atoms with Crippen molar-refractivity contribution >= 4 is 31.9 Å². The lowest BCUT2D eigenvalue weighted by Gasteiger charge is -2.18. The van der Waals surface area contributed by atoms with Crippen LogP contribution in [-0.4, -0.2) is 57.4 Å². The zero-order chi connectivity index (χ0) is 20.3. The number of carbonyl (C=O) groups is 1. The number of halogens is 6. The van der Waals surface area contributed by atoms with Gasteiger partial charge in [-0.15, -0.1) is 0 Å². The fourth-order valence-corrected chi connectivity index (χ4v) is 3.07. The summed E-state index contributed by atoms with van der Waals surface area (Å²) >= 11 is 0. The molecule has 0 aromatic carbocycles. The number of hydrogen-bond acceptors (Lipinski definition) is 7. The molecule has 0 bridgehead atoms. The van der Waals surface area contributed by atoms with Gasteiger partial charge in [0.15, 0.2) is 0 Å². The van der Waals surface area contributed by atoms with Crippen molar-refractivity contribution in [1.29, 1.82) is 0 Å². The van der Waals surface area contributed by atoms with Gasteiger partial charge in [-0.2, -0.15) is 26.3 Å². The number of carboxylic acids is 1. The van der Waals surface area contributed by atoms with Crippen molar-refractivity contribution in [3.63, 3.8) is 0 Å². The molecule has 0 aromatic heterocycles. The first kappa shape index (κ1) is 23.4. The lowest BCUT2D eigenvalue weighted by atomic mass is 10.2. The van der Waals surface area contributed by atoms with Crippen LogP contribution in [0.3, 0.4) is 0 Å². The van der Waals surface area contributed by atoms with Crippen LogP contribution in [0.1, 0.15) is 13.3 Å². The van der Waals surface area contributed by atoms with Crippen LogP contribution in [0, 0.1) is 0 Å². The second-order valence-corrected chi connectivity index (χ2v) is 7.88. The maximum absolute atomic E-state index is 11.5. The highest BCUT2D eigenvalue weighted by Crippen LogP contribution is 2.27. The molecule has 25 heavy (non-hydrogen) atoms. The summed E-state index contributed by atoms with van der Waals surface area (Å²) < 4.78 is 108. The van der Waals surface area contributed by atoms with E-state index in [0.717, 1.165) is 5.84 Å². The van der Waals surface area contributed by atoms with Gasteiger partial charge in [-0.1, -0.05) is 4.13 Å². The van der Waals surface area contributed by atoms with E-state index < -0.39 is 47.2 Å². The molecule has 1 rings (SSSR count). The lowest BCUT2D eigenvalue weighted by Crippen LogP contribution is -2.45. The fourth-order valence-electron chi connectivity index (χ4n) is 1.16. The number of hydrogen-bond donors (Lipinski definition) is 3. The Labute approximate surface area is 137 Å². The molecule has 1 heterocycles. The fraction of sp³-hybridized carbons (Fsp3) is 0.750. The van der Waals surface area contributed by atoms with Crippen molar-refractivity contribution in [2.45, 2.75) is 30.4 Å². The Bertz CT molecular complexity index is 684. The minimum Gasteiger partial charge on any atom is -0.480 e. The molecule has 0 spiro atoms. The molecule has 17 heteroatoms. The molecule has 1 unspecified atom stereocenters. The van der Waals surface area contributed by atoms with E-state index in [0.29, 0.717) is 13.0 Å². The highest BCUT2D eigenvalue weighted by Gasteiger charge is 2.55. The van der Waals surface area contributed by atoms with Gasteiger partial charge in [0.2, 0.25) is 0 Å². The van der Waals surface area contributed by atoms with Crippen LogP contribution in [0.2, 0.25) is 0 Å². The predicted octanol–water partition coefficient (Wildman–Crippen LogP) is 0.127. The van der Waals surface area contributed by atoms with Gasteiger partial charge in [0.05, 0.1) is 5.84 Å². The van der Waals surface area contributed by atoms with Crippen molar-refractivity contribution in [3.8, 4) is 0 Å². The summed E-state index contributed by atoms with van der Waals surface area (Å²) in [4.78, 5) is 14.4. The average molecular weight is 423 g/mol. The van der Waals surface area contributed by atoms with E-state index in [9.17, 15) is 48.0 Å². The molecule has 3 N–H and O–H groups in total. The molecule has 0 saturated heterocycles. The van der Waals surface area contributed by atoms with Crippen LogP contribution in [0.5, 0.6) is 0 Å². The van der Waals surface area contributed by atoms with Gasteiger partial charge in [-0.3, -0.25) is 4.99 Å². The number of nitrogens with one attached hydrogen (secondary N) is 2. The van der Waals surface area contributed by atoms with Gasteiger partial charge in [-0.05, 0) is 13.3 Å². The van der Waals surface area contributed by atoms with Crippen LogP contribution in [0.15, 0.2) is 4.99 Å². The van der Waals surface area contributed by atoms with Gasteiger partial charge in [0.1, 0.15) is 6.04 Å². The van der Waals surface area contributed by atoms with Gasteiger partial charge in [-0.25, -0.2) is 21.6 Å². The van der Waals surface area contributed by atoms with Crippen molar-refractivity contribution in [2.75, 3.05) is 6.54 Å². The Balaban J connectivity index is 0.000000496. The zero-order valence-corrected chi connectivity index (χ0v) is 13.6. The summed E-state index contributed by atoms with van der Waals surface area (Å²) in [7, 11) is -13.2. The Morgan fingerprint density at radius 2 is 1.52 bits per heavy atom. The summed E-state index contributed by atoms with van der Waals surface area (Å²) in [5, 5.41) is 11.3. The van der Waals surface area contributed by atoms with E-state index >= 15 is 0 Å². The monoisotopic (exact) mass is 423 g/mol. The first-order valence-electron chi connectivity index (χ1n) is 5.82. The van der Waals surface area contributed by atoms with Crippen molar-refractivity contribution in [1.82, 2.24) is 9.44 Å². The van der Waals surface area contributed by atoms with Crippen LogP contribution < -0.4 is 9.44 Å². The normalized spacial score (nSPS) is 19.2. The smallest absolute Gasteiger partial charge is 0.480 e. The van der Waals surface area contributed by atoms with Gasteiger partial charge in [0.25, 0.3) is 0 Å². The van der Waals surface area contributed by atoms with Crippen molar-refractivity contribution in [3.05, 3.63) is 0 Å². The summed E-state index contributed by atoms with van der Waals surface area (Å²) in [5.74, 6) is -0.0760. The molecular formula is C8H11F6N3O6S2. The summed E-state index contributed by atoms with van der Waals surface area (Å²) in [6.45, 7) is 2.39. The number of alkyl halides is 6. The number of aliphatic imine (C=N–C) groups is 1. The van der Waals surface area contributed by atoms with Crippen molar-refractivity contribution in [2.24, 2.45) is 4.99 Å². The van der Waals surface area contributed by atoms with E-state index in [-0.39, 0.29) is 0 Å². The Kier molecular flexibility index (Phi) is 7.23. The van der Waals surface area contributed by atoms with E-state index in [1.165, 1.54) is 0 Å². The molecule has 1 atom stereocenters. The third kappa shape index (κ3) is 7.02. The Hall–Kier alpha value is -1.62. The molecule has 148 valence electrons. The molecule has 0 amide bonds. The van der Waals surface area contributed by atoms with Crippen LogP contribution in [0.25, 0.3) is 0 Å².